The van der Waals surface area contributed by atoms with E-state index in [2.05, 4.69) is 4.72 Å². The highest BCUT2D eigenvalue weighted by Gasteiger charge is 2.17. The van der Waals surface area contributed by atoms with Crippen molar-refractivity contribution in [3.8, 4) is 0 Å². The van der Waals surface area contributed by atoms with Crippen LogP contribution in [0.5, 0.6) is 0 Å². The van der Waals surface area contributed by atoms with Gasteiger partial charge in [0.25, 0.3) is 0 Å². The number of anilines is 1. The van der Waals surface area contributed by atoms with Gasteiger partial charge in [-0.05, 0) is 24.0 Å². The van der Waals surface area contributed by atoms with Crippen molar-refractivity contribution in [2.24, 2.45) is 5.41 Å². The van der Waals surface area contributed by atoms with Crippen molar-refractivity contribution >= 4 is 15.7 Å². The molecule has 1 aromatic rings. The van der Waals surface area contributed by atoms with Gasteiger partial charge in [0.1, 0.15) is 0 Å². The molecule has 4 heteroatoms. The molecule has 0 saturated heterocycles. The SMILES string of the molecule is CC(C)(C)CCS(=O)(=O)Nc1ccccc1. The Hall–Kier alpha value is -1.03. The molecule has 0 saturated carbocycles. The van der Waals surface area contributed by atoms with Gasteiger partial charge in [0.05, 0.1) is 5.75 Å². The van der Waals surface area contributed by atoms with Crippen molar-refractivity contribution in [3.63, 3.8) is 0 Å². The molecule has 0 radical (unpaired) electrons. The van der Waals surface area contributed by atoms with Crippen LogP contribution in [-0.2, 0) is 10.0 Å². The molecule has 0 atom stereocenters. The monoisotopic (exact) mass is 241 g/mol. The molecule has 1 rings (SSSR count). The summed E-state index contributed by atoms with van der Waals surface area (Å²) in [6.07, 6.45) is 0.648. The van der Waals surface area contributed by atoms with E-state index in [-0.39, 0.29) is 11.2 Å². The van der Waals surface area contributed by atoms with Crippen LogP contribution >= 0.6 is 0 Å². The van der Waals surface area contributed by atoms with Gasteiger partial charge in [-0.2, -0.15) is 0 Å². The average molecular weight is 241 g/mol. The van der Waals surface area contributed by atoms with E-state index in [9.17, 15) is 8.42 Å². The average Bonchev–Trinajstić information content (AvgIpc) is 2.15. The second kappa shape index (κ2) is 4.87. The highest BCUT2D eigenvalue weighted by atomic mass is 32.2. The zero-order valence-electron chi connectivity index (χ0n) is 10.0. The van der Waals surface area contributed by atoms with E-state index in [1.807, 2.05) is 39.0 Å². The molecule has 0 fully saturated rings. The molecule has 0 bridgehead atoms. The first-order chi connectivity index (χ1) is 7.29. The van der Waals surface area contributed by atoms with E-state index < -0.39 is 10.0 Å². The zero-order chi connectivity index (χ0) is 12.2. The van der Waals surface area contributed by atoms with Crippen LogP contribution in [0.1, 0.15) is 27.2 Å². The summed E-state index contributed by atoms with van der Waals surface area (Å²) in [7, 11) is -3.22. The second-order valence-electron chi connectivity index (χ2n) is 5.10. The van der Waals surface area contributed by atoms with E-state index >= 15 is 0 Å². The Morgan fingerprint density at radius 2 is 1.69 bits per heavy atom. The fourth-order valence-corrected chi connectivity index (χ4v) is 2.66. The number of sulfonamides is 1. The molecule has 0 amide bonds. The number of rotatable bonds is 4. The Balaban J connectivity index is 2.60. The Kier molecular flexibility index (Phi) is 3.97. The van der Waals surface area contributed by atoms with Gasteiger partial charge >= 0.3 is 0 Å². The summed E-state index contributed by atoms with van der Waals surface area (Å²) in [5, 5.41) is 0. The predicted molar refractivity (Wildman–Crippen MR) is 67.9 cm³/mol. The van der Waals surface area contributed by atoms with Crippen LogP contribution < -0.4 is 4.72 Å². The standard InChI is InChI=1S/C12H19NO2S/c1-12(2,3)9-10-16(14,15)13-11-7-5-4-6-8-11/h4-8,13H,9-10H2,1-3H3. The molecule has 0 unspecified atom stereocenters. The van der Waals surface area contributed by atoms with Gasteiger partial charge in [0, 0.05) is 5.69 Å². The molecule has 0 aliphatic rings. The van der Waals surface area contributed by atoms with Crippen LogP contribution in [0.3, 0.4) is 0 Å². The first-order valence-electron chi connectivity index (χ1n) is 5.34. The van der Waals surface area contributed by atoms with Crippen molar-refractivity contribution in [2.45, 2.75) is 27.2 Å². The Morgan fingerprint density at radius 3 is 2.19 bits per heavy atom. The maximum atomic E-state index is 11.7. The number of para-hydroxylation sites is 1. The van der Waals surface area contributed by atoms with Crippen LogP contribution in [0.25, 0.3) is 0 Å². The van der Waals surface area contributed by atoms with E-state index in [0.717, 1.165) is 0 Å². The molecule has 0 aliphatic heterocycles. The first-order valence-corrected chi connectivity index (χ1v) is 6.99. The topological polar surface area (TPSA) is 46.2 Å². The first kappa shape index (κ1) is 13.0. The molecule has 0 heterocycles. The van der Waals surface area contributed by atoms with E-state index in [4.69, 9.17) is 0 Å². The van der Waals surface area contributed by atoms with Crippen LogP contribution in [0, 0.1) is 5.41 Å². The summed E-state index contributed by atoms with van der Waals surface area (Å²) >= 11 is 0. The fraction of sp³-hybridized carbons (Fsp3) is 0.500. The molecule has 3 nitrogen and oxygen atoms in total. The van der Waals surface area contributed by atoms with Gasteiger partial charge in [0.15, 0.2) is 0 Å². The highest BCUT2D eigenvalue weighted by Crippen LogP contribution is 2.20. The van der Waals surface area contributed by atoms with E-state index in [1.165, 1.54) is 0 Å². The van der Waals surface area contributed by atoms with Gasteiger partial charge in [-0.15, -0.1) is 0 Å². The fourth-order valence-electron chi connectivity index (χ4n) is 1.18. The lowest BCUT2D eigenvalue weighted by Gasteiger charge is -2.18. The van der Waals surface area contributed by atoms with Gasteiger partial charge in [0.2, 0.25) is 10.0 Å². The van der Waals surface area contributed by atoms with Crippen LogP contribution in [0.4, 0.5) is 5.69 Å². The van der Waals surface area contributed by atoms with Gasteiger partial charge in [-0.3, -0.25) is 4.72 Å². The van der Waals surface area contributed by atoms with Crippen molar-refractivity contribution in [1.29, 1.82) is 0 Å². The summed E-state index contributed by atoms with van der Waals surface area (Å²) in [6.45, 7) is 6.10. The van der Waals surface area contributed by atoms with Gasteiger partial charge in [-0.25, -0.2) is 8.42 Å². The van der Waals surface area contributed by atoms with Crippen molar-refractivity contribution in [1.82, 2.24) is 0 Å². The molecule has 0 aliphatic carbocycles. The normalized spacial score (nSPS) is 12.4. The molecule has 16 heavy (non-hydrogen) atoms. The van der Waals surface area contributed by atoms with E-state index in [1.54, 1.807) is 12.1 Å². The minimum atomic E-state index is -3.22. The highest BCUT2D eigenvalue weighted by molar-refractivity contribution is 7.92. The smallest absolute Gasteiger partial charge is 0.232 e. The Labute approximate surface area is 97.9 Å². The molecule has 1 aromatic carbocycles. The molecule has 90 valence electrons. The lowest BCUT2D eigenvalue weighted by atomic mass is 9.94. The number of benzene rings is 1. The van der Waals surface area contributed by atoms with Crippen molar-refractivity contribution < 1.29 is 8.42 Å². The Bertz CT molecular complexity index is 418. The van der Waals surface area contributed by atoms with E-state index in [0.29, 0.717) is 12.1 Å². The number of hydrogen-bond donors (Lipinski definition) is 1. The lowest BCUT2D eigenvalue weighted by molar-refractivity contribution is 0.397. The minimum Gasteiger partial charge on any atom is -0.284 e. The molecule has 0 spiro atoms. The molecular weight excluding hydrogens is 222 g/mol. The predicted octanol–water partition coefficient (Wildman–Crippen LogP) is 2.86. The molecule has 1 N–H and O–H groups in total. The lowest BCUT2D eigenvalue weighted by Crippen LogP contribution is -2.20. The third-order valence-electron chi connectivity index (χ3n) is 2.17. The van der Waals surface area contributed by atoms with Crippen LogP contribution in [0.2, 0.25) is 0 Å². The zero-order valence-corrected chi connectivity index (χ0v) is 10.8. The van der Waals surface area contributed by atoms with Crippen molar-refractivity contribution in [2.75, 3.05) is 10.5 Å². The third-order valence-corrected chi connectivity index (χ3v) is 3.46. The van der Waals surface area contributed by atoms with Gasteiger partial charge in [-0.1, -0.05) is 39.0 Å². The molecule has 0 aromatic heterocycles. The van der Waals surface area contributed by atoms with Crippen LogP contribution in [-0.4, -0.2) is 14.2 Å². The Morgan fingerprint density at radius 1 is 1.12 bits per heavy atom. The summed E-state index contributed by atoms with van der Waals surface area (Å²) < 4.78 is 26.0. The maximum absolute atomic E-state index is 11.7. The molecular formula is C12H19NO2S. The van der Waals surface area contributed by atoms with Gasteiger partial charge < -0.3 is 0 Å². The quantitative estimate of drug-likeness (QED) is 0.881. The maximum Gasteiger partial charge on any atom is 0.232 e. The number of hydrogen-bond acceptors (Lipinski definition) is 2. The summed E-state index contributed by atoms with van der Waals surface area (Å²) in [4.78, 5) is 0. The third kappa shape index (κ3) is 5.16. The second-order valence-corrected chi connectivity index (χ2v) is 6.94. The minimum absolute atomic E-state index is 0.0332. The van der Waals surface area contributed by atoms with Crippen LogP contribution in [0.15, 0.2) is 30.3 Å². The summed E-state index contributed by atoms with van der Waals surface area (Å²) in [5.41, 5.74) is 0.655. The number of nitrogens with one attached hydrogen (secondary N) is 1. The summed E-state index contributed by atoms with van der Waals surface area (Å²) in [6, 6.07) is 8.96. The summed E-state index contributed by atoms with van der Waals surface area (Å²) in [5.74, 6) is 0.158. The largest absolute Gasteiger partial charge is 0.284 e. The van der Waals surface area contributed by atoms with Crippen molar-refractivity contribution in [3.05, 3.63) is 30.3 Å².